The van der Waals surface area contributed by atoms with Gasteiger partial charge in [0, 0.05) is 0 Å². The monoisotopic (exact) mass is 253 g/mol. The number of thiophene rings is 1. The number of rotatable bonds is 3. The summed E-state index contributed by atoms with van der Waals surface area (Å²) in [5.74, 6) is 0.104. The van der Waals surface area contributed by atoms with E-state index in [9.17, 15) is 4.79 Å². The Morgan fingerprint density at radius 3 is 3.00 bits per heavy atom. The van der Waals surface area contributed by atoms with E-state index in [1.807, 2.05) is 11.4 Å². The first-order valence-electron chi connectivity index (χ1n) is 3.04. The number of carbonyl (C=O) groups is 1. The molecule has 64 valence electrons. The molecule has 1 aromatic heterocycles. The van der Waals surface area contributed by atoms with Crippen LogP contribution in [0.4, 0.5) is 0 Å². The number of Topliss-reactive ketones (excluding diaryl/α,β-unsaturated/α-hetero) is 1. The van der Waals surface area contributed by atoms with Crippen LogP contribution in [0.25, 0.3) is 0 Å². The number of ketones is 1. The van der Waals surface area contributed by atoms with Crippen molar-refractivity contribution in [2.45, 2.75) is 11.8 Å². The molecule has 0 saturated heterocycles. The van der Waals surface area contributed by atoms with Crippen molar-refractivity contribution < 1.29 is 4.79 Å². The van der Waals surface area contributed by atoms with Crippen LogP contribution in [0, 0.1) is 0 Å². The zero-order chi connectivity index (χ0) is 9.14. The first-order valence-corrected chi connectivity index (χ1v) is 8.84. The highest BCUT2D eigenvalue weighted by Gasteiger charge is 2.16. The molecule has 0 N–H and O–H groups in total. The molecule has 0 aromatic carbocycles. The standard InChI is InChI=1S/C6H5OPS4/c1-4(7)6-5(2-3-11-6)12-8(9)10/h2-3H,1H3/p+1. The minimum absolute atomic E-state index is 0.104. The average molecular weight is 253 g/mol. The second-order valence-corrected chi connectivity index (χ2v) is 10.3. The first-order chi connectivity index (χ1) is 5.61. The molecular formula is C6H6OPS4+. The van der Waals surface area contributed by atoms with Gasteiger partial charge in [-0.1, -0.05) is 0 Å². The molecule has 0 fully saturated rings. The Hall–Kier alpha value is 0.590. The summed E-state index contributed by atoms with van der Waals surface area (Å²) >= 11 is 12.0. The summed E-state index contributed by atoms with van der Waals surface area (Å²) in [6.45, 7) is 1.57. The van der Waals surface area contributed by atoms with Gasteiger partial charge in [0.15, 0.2) is 17.6 Å². The third kappa shape index (κ3) is 2.82. The number of carbonyl (C=O) groups excluding carboxylic acids is 1. The van der Waals surface area contributed by atoms with E-state index in [-0.39, 0.29) is 5.78 Å². The Labute approximate surface area is 90.3 Å². The average Bonchev–Trinajstić information content (AvgIpc) is 2.33. The Morgan fingerprint density at radius 1 is 1.83 bits per heavy atom. The van der Waals surface area contributed by atoms with E-state index < -0.39 is 5.10 Å². The van der Waals surface area contributed by atoms with Gasteiger partial charge in [0.25, 0.3) is 0 Å². The van der Waals surface area contributed by atoms with Crippen LogP contribution < -0.4 is 0 Å². The number of hydrogen-bond acceptors (Lipinski definition) is 4. The van der Waals surface area contributed by atoms with Crippen molar-refractivity contribution >= 4 is 57.7 Å². The predicted molar refractivity (Wildman–Crippen MR) is 63.5 cm³/mol. The van der Waals surface area contributed by atoms with Gasteiger partial charge in [-0.2, -0.15) is 0 Å². The highest BCUT2D eigenvalue weighted by Crippen LogP contribution is 2.49. The largest absolute Gasteiger partial charge is 0.319 e. The van der Waals surface area contributed by atoms with E-state index in [1.165, 1.54) is 22.7 Å². The normalized spacial score (nSPS) is 11.3. The summed E-state index contributed by atoms with van der Waals surface area (Å²) in [5, 5.41) is 1.16. The molecule has 1 aromatic rings. The van der Waals surface area contributed by atoms with Gasteiger partial charge < -0.3 is 0 Å². The molecule has 1 heterocycles. The molecule has 0 aliphatic rings. The second-order valence-electron chi connectivity index (χ2n) is 2.00. The molecule has 12 heavy (non-hydrogen) atoms. The van der Waals surface area contributed by atoms with Crippen molar-refractivity contribution in [3.8, 4) is 0 Å². The molecule has 0 amide bonds. The molecule has 1 rings (SSSR count). The smallest absolute Gasteiger partial charge is 0.294 e. The molecule has 0 bridgehead atoms. The van der Waals surface area contributed by atoms with E-state index in [1.54, 1.807) is 6.92 Å². The third-order valence-electron chi connectivity index (χ3n) is 1.13. The second kappa shape index (κ2) is 4.72. The third-order valence-corrected chi connectivity index (χ3v) is 5.43. The molecule has 0 aliphatic carbocycles. The summed E-state index contributed by atoms with van der Waals surface area (Å²) in [6, 6.07) is 1.92. The molecule has 1 atom stereocenters. The van der Waals surface area contributed by atoms with Crippen LogP contribution >= 0.6 is 40.1 Å². The highest BCUT2D eigenvalue weighted by atomic mass is 33.2. The van der Waals surface area contributed by atoms with Crippen LogP contribution in [0.15, 0.2) is 16.3 Å². The fourth-order valence-corrected chi connectivity index (χ4v) is 4.94. The van der Waals surface area contributed by atoms with Gasteiger partial charge in [-0.05, 0) is 18.4 Å². The topological polar surface area (TPSA) is 17.1 Å². The predicted octanol–water partition coefficient (Wildman–Crippen LogP) is 3.75. The van der Waals surface area contributed by atoms with Gasteiger partial charge >= 0.3 is 5.10 Å². The molecule has 0 radical (unpaired) electrons. The van der Waals surface area contributed by atoms with Crippen molar-refractivity contribution in [3.63, 3.8) is 0 Å². The fraction of sp³-hybridized carbons (Fsp3) is 0.167. The number of hydrogen-bond donors (Lipinski definition) is 1. The zero-order valence-corrected chi connectivity index (χ0v) is 10.4. The molecule has 6 heteroatoms. The van der Waals surface area contributed by atoms with Gasteiger partial charge in [0.2, 0.25) is 0 Å². The van der Waals surface area contributed by atoms with E-state index in [0.717, 1.165) is 9.77 Å². The molecule has 0 aliphatic heterocycles. The zero-order valence-electron chi connectivity index (χ0n) is 6.18. The quantitative estimate of drug-likeness (QED) is 0.502. The van der Waals surface area contributed by atoms with Gasteiger partial charge in [0.05, 0.1) is 22.0 Å². The van der Waals surface area contributed by atoms with Gasteiger partial charge in [-0.3, -0.25) is 4.79 Å². The molecule has 1 nitrogen and oxygen atoms in total. The summed E-state index contributed by atoms with van der Waals surface area (Å²) in [4.78, 5) is 12.8. The molecule has 1 unspecified atom stereocenters. The lowest BCUT2D eigenvalue weighted by molar-refractivity contribution is 0.101. The van der Waals surface area contributed by atoms with Crippen LogP contribution in [-0.4, -0.2) is 5.78 Å². The summed E-state index contributed by atoms with van der Waals surface area (Å²) in [5.41, 5.74) is 0. The van der Waals surface area contributed by atoms with Crippen LogP contribution in [-0.2, 0) is 11.8 Å². The first kappa shape index (κ1) is 10.7. The lowest BCUT2D eigenvalue weighted by Gasteiger charge is -1.89. The molecule has 0 saturated carbocycles. The SMILES string of the molecule is CC(=O)c1sccc1S[P+](=S)S. The van der Waals surface area contributed by atoms with Gasteiger partial charge in [-0.15, -0.1) is 11.3 Å². The Bertz CT molecular complexity index is 319. The van der Waals surface area contributed by atoms with Crippen LogP contribution in [0.2, 0.25) is 0 Å². The minimum Gasteiger partial charge on any atom is -0.294 e. The van der Waals surface area contributed by atoms with Crippen LogP contribution in [0.5, 0.6) is 0 Å². The lowest BCUT2D eigenvalue weighted by Crippen LogP contribution is -1.87. The van der Waals surface area contributed by atoms with Gasteiger partial charge in [-0.25, -0.2) is 0 Å². The van der Waals surface area contributed by atoms with Crippen molar-refractivity contribution in [3.05, 3.63) is 16.3 Å². The highest BCUT2D eigenvalue weighted by molar-refractivity contribution is 8.90. The Kier molecular flexibility index (Phi) is 4.20. The maximum absolute atomic E-state index is 11.1. The minimum atomic E-state index is -0.743. The van der Waals surface area contributed by atoms with E-state index in [0.29, 0.717) is 0 Å². The maximum atomic E-state index is 11.1. The maximum Gasteiger partial charge on any atom is 0.319 e. The van der Waals surface area contributed by atoms with Crippen molar-refractivity contribution in [1.29, 1.82) is 0 Å². The van der Waals surface area contributed by atoms with E-state index >= 15 is 0 Å². The summed E-state index contributed by atoms with van der Waals surface area (Å²) in [7, 11) is 0. The van der Waals surface area contributed by atoms with E-state index in [4.69, 9.17) is 11.8 Å². The van der Waals surface area contributed by atoms with Crippen LogP contribution in [0.1, 0.15) is 16.6 Å². The van der Waals surface area contributed by atoms with Crippen molar-refractivity contribution in [1.82, 2.24) is 0 Å². The van der Waals surface area contributed by atoms with E-state index in [2.05, 4.69) is 12.2 Å². The summed E-state index contributed by atoms with van der Waals surface area (Å²) < 4.78 is 0. The Balaban J connectivity index is 2.91. The van der Waals surface area contributed by atoms with Crippen LogP contribution in [0.3, 0.4) is 0 Å². The lowest BCUT2D eigenvalue weighted by atomic mass is 10.4. The summed E-state index contributed by atoms with van der Waals surface area (Å²) in [6.07, 6.45) is 0. The van der Waals surface area contributed by atoms with Crippen molar-refractivity contribution in [2.75, 3.05) is 0 Å². The fourth-order valence-electron chi connectivity index (χ4n) is 0.710. The molecular weight excluding hydrogens is 247 g/mol. The molecule has 0 spiro atoms. The Morgan fingerprint density at radius 2 is 2.50 bits per heavy atom. The number of thiol groups is 1. The van der Waals surface area contributed by atoms with Crippen molar-refractivity contribution in [2.24, 2.45) is 0 Å². The van der Waals surface area contributed by atoms with Gasteiger partial charge in [0.1, 0.15) is 11.4 Å².